The van der Waals surface area contributed by atoms with Crippen molar-refractivity contribution >= 4 is 11.9 Å². The molecule has 5 nitrogen and oxygen atoms in total. The Hall–Kier alpha value is -1.88. The van der Waals surface area contributed by atoms with E-state index in [2.05, 4.69) is 11.9 Å². The molecule has 1 atom stereocenters. The Balaban J connectivity index is 2.06. The highest BCUT2D eigenvalue weighted by Gasteiger charge is 2.24. The van der Waals surface area contributed by atoms with E-state index < -0.39 is 5.97 Å². The Kier molecular flexibility index (Phi) is 4.39. The molecule has 0 saturated carbocycles. The molecule has 108 valence electrons. The Morgan fingerprint density at radius 1 is 1.40 bits per heavy atom. The van der Waals surface area contributed by atoms with Gasteiger partial charge < -0.3 is 14.9 Å². The van der Waals surface area contributed by atoms with Crippen molar-refractivity contribution in [3.8, 4) is 0 Å². The van der Waals surface area contributed by atoms with Crippen molar-refractivity contribution in [1.29, 1.82) is 0 Å². The summed E-state index contributed by atoms with van der Waals surface area (Å²) >= 11 is 0. The molecule has 1 aromatic rings. The summed E-state index contributed by atoms with van der Waals surface area (Å²) in [5, 5.41) is 8.96. The summed E-state index contributed by atoms with van der Waals surface area (Å²) in [6.07, 6.45) is 2.26. The summed E-state index contributed by atoms with van der Waals surface area (Å²) in [5.41, 5.74) is 0.565. The van der Waals surface area contributed by atoms with Crippen molar-refractivity contribution in [2.24, 2.45) is 0 Å². The lowest BCUT2D eigenvalue weighted by Gasteiger charge is -2.26. The highest BCUT2D eigenvalue weighted by Crippen LogP contribution is 2.16. The van der Waals surface area contributed by atoms with Gasteiger partial charge in [-0.05, 0) is 44.6 Å². The van der Waals surface area contributed by atoms with Crippen molar-refractivity contribution in [2.75, 3.05) is 27.2 Å². The predicted octanol–water partition coefficient (Wildman–Crippen LogP) is 1.55. The van der Waals surface area contributed by atoms with E-state index in [0.29, 0.717) is 18.2 Å². The van der Waals surface area contributed by atoms with E-state index in [1.54, 1.807) is 24.1 Å². The Labute approximate surface area is 118 Å². The quantitative estimate of drug-likeness (QED) is 0.906. The van der Waals surface area contributed by atoms with Crippen LogP contribution in [0, 0.1) is 0 Å². The minimum Gasteiger partial charge on any atom is -0.478 e. The molecule has 0 bridgehead atoms. The summed E-state index contributed by atoms with van der Waals surface area (Å²) < 4.78 is 0. The van der Waals surface area contributed by atoms with Gasteiger partial charge in [0.25, 0.3) is 5.91 Å². The maximum atomic E-state index is 12.3. The second-order valence-electron chi connectivity index (χ2n) is 5.35. The molecule has 1 aliphatic heterocycles. The minimum atomic E-state index is -1.02. The second-order valence-corrected chi connectivity index (χ2v) is 5.35. The molecule has 1 amide bonds. The molecule has 5 heteroatoms. The summed E-state index contributed by atoms with van der Waals surface area (Å²) in [6.45, 7) is 1.74. The first-order valence-corrected chi connectivity index (χ1v) is 6.78. The van der Waals surface area contributed by atoms with Gasteiger partial charge in [-0.15, -0.1) is 0 Å². The molecule has 1 aromatic carbocycles. The van der Waals surface area contributed by atoms with Crippen molar-refractivity contribution in [2.45, 2.75) is 18.9 Å². The number of likely N-dealkylation sites (tertiary alicyclic amines) is 1. The standard InChI is InChI=1S/C15H20N2O3/c1-16-8-4-7-13(16)10-17(2)14(18)11-5-3-6-12(9-11)15(19)20/h3,5-6,9,13H,4,7-8,10H2,1-2H3,(H,19,20). The van der Waals surface area contributed by atoms with Crippen LogP contribution >= 0.6 is 0 Å². The summed E-state index contributed by atoms with van der Waals surface area (Å²) in [5.74, 6) is -1.15. The van der Waals surface area contributed by atoms with E-state index in [1.807, 2.05) is 0 Å². The molecule has 0 aliphatic carbocycles. The van der Waals surface area contributed by atoms with Crippen LogP contribution in [0.2, 0.25) is 0 Å². The third-order valence-electron chi connectivity index (χ3n) is 3.86. The van der Waals surface area contributed by atoms with Gasteiger partial charge in [-0.1, -0.05) is 6.07 Å². The molecule has 20 heavy (non-hydrogen) atoms. The average molecular weight is 276 g/mol. The number of likely N-dealkylation sites (N-methyl/N-ethyl adjacent to an activating group) is 2. The van der Waals surface area contributed by atoms with Gasteiger partial charge in [0.2, 0.25) is 0 Å². The number of carbonyl (C=O) groups is 2. The Morgan fingerprint density at radius 2 is 2.10 bits per heavy atom. The number of hydrogen-bond donors (Lipinski definition) is 1. The molecule has 1 N–H and O–H groups in total. The molecule has 0 aromatic heterocycles. The van der Waals surface area contributed by atoms with Crippen LogP contribution in [-0.2, 0) is 0 Å². The zero-order valence-electron chi connectivity index (χ0n) is 11.9. The van der Waals surface area contributed by atoms with E-state index in [-0.39, 0.29) is 11.5 Å². The van der Waals surface area contributed by atoms with Gasteiger partial charge in [-0.25, -0.2) is 4.79 Å². The van der Waals surface area contributed by atoms with Crippen LogP contribution in [0.25, 0.3) is 0 Å². The van der Waals surface area contributed by atoms with Crippen LogP contribution < -0.4 is 0 Å². The van der Waals surface area contributed by atoms with Crippen LogP contribution in [0.3, 0.4) is 0 Å². The monoisotopic (exact) mass is 276 g/mol. The van der Waals surface area contributed by atoms with Gasteiger partial charge >= 0.3 is 5.97 Å². The van der Waals surface area contributed by atoms with E-state index in [0.717, 1.165) is 19.4 Å². The molecule has 1 heterocycles. The normalized spacial score (nSPS) is 19.0. The topological polar surface area (TPSA) is 60.9 Å². The molecule has 1 unspecified atom stereocenters. The third kappa shape index (κ3) is 3.17. The van der Waals surface area contributed by atoms with Crippen molar-refractivity contribution in [3.05, 3.63) is 35.4 Å². The van der Waals surface area contributed by atoms with Crippen LogP contribution in [0.15, 0.2) is 24.3 Å². The molecule has 1 saturated heterocycles. The Bertz CT molecular complexity index is 516. The summed E-state index contributed by atoms with van der Waals surface area (Å²) in [7, 11) is 3.84. The van der Waals surface area contributed by atoms with E-state index >= 15 is 0 Å². The molecule has 1 aliphatic rings. The summed E-state index contributed by atoms with van der Waals surface area (Å²) in [6, 6.07) is 6.57. The number of carbonyl (C=O) groups excluding carboxylic acids is 1. The third-order valence-corrected chi connectivity index (χ3v) is 3.86. The average Bonchev–Trinajstić information content (AvgIpc) is 2.83. The van der Waals surface area contributed by atoms with E-state index in [1.165, 1.54) is 12.1 Å². The first-order chi connectivity index (χ1) is 9.49. The lowest BCUT2D eigenvalue weighted by Crippen LogP contribution is -2.39. The lowest BCUT2D eigenvalue weighted by molar-refractivity contribution is 0.0697. The van der Waals surface area contributed by atoms with Gasteiger partial charge in [0.1, 0.15) is 0 Å². The number of nitrogens with zero attached hydrogens (tertiary/aromatic N) is 2. The highest BCUT2D eigenvalue weighted by molar-refractivity contribution is 5.97. The molecular weight excluding hydrogens is 256 g/mol. The lowest BCUT2D eigenvalue weighted by atomic mass is 10.1. The van der Waals surface area contributed by atoms with Crippen LogP contribution in [0.5, 0.6) is 0 Å². The number of rotatable bonds is 4. The second kappa shape index (κ2) is 6.05. The van der Waals surface area contributed by atoms with Gasteiger partial charge in [0, 0.05) is 25.2 Å². The number of amides is 1. The van der Waals surface area contributed by atoms with E-state index in [4.69, 9.17) is 5.11 Å². The van der Waals surface area contributed by atoms with Crippen LogP contribution in [0.4, 0.5) is 0 Å². The molecule has 2 rings (SSSR count). The molecule has 0 spiro atoms. The fraction of sp³-hybridized carbons (Fsp3) is 0.467. The molecule has 1 fully saturated rings. The Morgan fingerprint density at radius 3 is 2.70 bits per heavy atom. The highest BCUT2D eigenvalue weighted by atomic mass is 16.4. The first-order valence-electron chi connectivity index (χ1n) is 6.78. The number of benzene rings is 1. The smallest absolute Gasteiger partial charge is 0.335 e. The minimum absolute atomic E-state index is 0.131. The SMILES string of the molecule is CN(CC1CCCN1C)C(=O)c1cccc(C(=O)O)c1. The first kappa shape index (κ1) is 14.5. The fourth-order valence-corrected chi connectivity index (χ4v) is 2.61. The van der Waals surface area contributed by atoms with Gasteiger partial charge in [-0.2, -0.15) is 0 Å². The number of aromatic carboxylic acids is 1. The van der Waals surface area contributed by atoms with Gasteiger partial charge in [0.15, 0.2) is 0 Å². The van der Waals surface area contributed by atoms with Crippen molar-refractivity contribution in [3.63, 3.8) is 0 Å². The fourth-order valence-electron chi connectivity index (χ4n) is 2.61. The van der Waals surface area contributed by atoms with Gasteiger partial charge in [0.05, 0.1) is 5.56 Å². The van der Waals surface area contributed by atoms with Crippen LogP contribution in [-0.4, -0.2) is 60.0 Å². The summed E-state index contributed by atoms with van der Waals surface area (Å²) in [4.78, 5) is 27.2. The van der Waals surface area contributed by atoms with Crippen molar-refractivity contribution < 1.29 is 14.7 Å². The maximum Gasteiger partial charge on any atom is 0.335 e. The zero-order valence-corrected chi connectivity index (χ0v) is 11.9. The number of carboxylic acids is 1. The number of carboxylic acid groups (broad SMARTS) is 1. The van der Waals surface area contributed by atoms with Crippen molar-refractivity contribution in [1.82, 2.24) is 9.80 Å². The number of hydrogen-bond acceptors (Lipinski definition) is 3. The maximum absolute atomic E-state index is 12.3. The van der Waals surface area contributed by atoms with Crippen LogP contribution in [0.1, 0.15) is 33.6 Å². The largest absolute Gasteiger partial charge is 0.478 e. The molecular formula is C15H20N2O3. The predicted molar refractivity (Wildman–Crippen MR) is 76.0 cm³/mol. The van der Waals surface area contributed by atoms with E-state index in [9.17, 15) is 9.59 Å². The molecule has 0 radical (unpaired) electrons. The van der Waals surface area contributed by atoms with Gasteiger partial charge in [-0.3, -0.25) is 4.79 Å². The zero-order chi connectivity index (χ0) is 14.7.